The van der Waals surface area contributed by atoms with Crippen LogP contribution in [0.4, 0.5) is 0 Å². The summed E-state index contributed by atoms with van der Waals surface area (Å²) in [6.45, 7) is 7.56. The predicted octanol–water partition coefficient (Wildman–Crippen LogP) is 7.81. The van der Waals surface area contributed by atoms with Crippen molar-refractivity contribution in [1.82, 2.24) is 0 Å². The van der Waals surface area contributed by atoms with E-state index in [-0.39, 0.29) is 26.4 Å². The van der Waals surface area contributed by atoms with E-state index in [9.17, 15) is 9.59 Å². The van der Waals surface area contributed by atoms with Crippen LogP contribution in [0.15, 0.2) is 120 Å². The Morgan fingerprint density at radius 3 is 1.27 bits per heavy atom. The van der Waals surface area contributed by atoms with E-state index < -0.39 is 11.9 Å². The molecule has 0 amide bonds. The SMILES string of the molecule is C=CC(=O)OCCOc1ccc(C#Cc2ccc(-c3ccc(C#Cc4ccc(OCCOC(=O)C=C)cc4)cc3SC)c(SC)c2)cc1. The van der Waals surface area contributed by atoms with Gasteiger partial charge in [0.25, 0.3) is 0 Å². The molecule has 48 heavy (non-hydrogen) atoms. The Kier molecular flexibility index (Phi) is 13.9. The van der Waals surface area contributed by atoms with Gasteiger partial charge in [0, 0.05) is 44.2 Å². The highest BCUT2D eigenvalue weighted by atomic mass is 32.2. The van der Waals surface area contributed by atoms with E-state index >= 15 is 0 Å². The first kappa shape index (κ1) is 35.6. The van der Waals surface area contributed by atoms with Gasteiger partial charge in [-0.1, -0.05) is 49.0 Å². The number of carbonyl (C=O) groups excluding carboxylic acids is 2. The largest absolute Gasteiger partial charge is 0.490 e. The first-order valence-electron chi connectivity index (χ1n) is 14.9. The van der Waals surface area contributed by atoms with Crippen molar-refractivity contribution in [2.45, 2.75) is 9.79 Å². The molecule has 0 aliphatic rings. The molecular formula is C40H34O6S2. The number of rotatable bonds is 13. The van der Waals surface area contributed by atoms with Crippen molar-refractivity contribution in [2.24, 2.45) is 0 Å². The van der Waals surface area contributed by atoms with Gasteiger partial charge in [0.2, 0.25) is 0 Å². The molecule has 0 saturated carbocycles. The second kappa shape index (κ2) is 18.8. The Balaban J connectivity index is 1.40. The van der Waals surface area contributed by atoms with Crippen LogP contribution in [0.2, 0.25) is 0 Å². The van der Waals surface area contributed by atoms with Crippen LogP contribution >= 0.6 is 23.5 Å². The molecule has 0 spiro atoms. The molecule has 0 N–H and O–H groups in total. The third-order valence-electron chi connectivity index (χ3n) is 6.63. The van der Waals surface area contributed by atoms with Gasteiger partial charge in [0.15, 0.2) is 0 Å². The Bertz CT molecular complexity index is 1730. The van der Waals surface area contributed by atoms with E-state index in [2.05, 4.69) is 73.6 Å². The van der Waals surface area contributed by atoms with Gasteiger partial charge in [-0.15, -0.1) is 23.5 Å². The lowest BCUT2D eigenvalue weighted by Crippen LogP contribution is -2.10. The zero-order chi connectivity index (χ0) is 34.1. The predicted molar refractivity (Wildman–Crippen MR) is 194 cm³/mol. The molecule has 4 aromatic rings. The van der Waals surface area contributed by atoms with Gasteiger partial charge in [-0.25, -0.2) is 9.59 Å². The molecule has 0 aliphatic heterocycles. The van der Waals surface area contributed by atoms with Gasteiger partial charge >= 0.3 is 11.9 Å². The zero-order valence-electron chi connectivity index (χ0n) is 26.7. The van der Waals surface area contributed by atoms with Crippen molar-refractivity contribution in [1.29, 1.82) is 0 Å². The number of benzene rings is 4. The highest BCUT2D eigenvalue weighted by Crippen LogP contribution is 2.37. The topological polar surface area (TPSA) is 71.1 Å². The van der Waals surface area contributed by atoms with Crippen LogP contribution in [-0.4, -0.2) is 50.9 Å². The lowest BCUT2D eigenvalue weighted by atomic mass is 10.0. The third-order valence-corrected chi connectivity index (χ3v) is 8.19. The van der Waals surface area contributed by atoms with Gasteiger partial charge < -0.3 is 18.9 Å². The van der Waals surface area contributed by atoms with Crippen LogP contribution in [0.3, 0.4) is 0 Å². The summed E-state index contributed by atoms with van der Waals surface area (Å²) in [6.07, 6.45) is 6.38. The summed E-state index contributed by atoms with van der Waals surface area (Å²) in [6, 6.07) is 27.5. The molecule has 242 valence electrons. The molecule has 6 nitrogen and oxygen atoms in total. The summed E-state index contributed by atoms with van der Waals surface area (Å²) in [5.41, 5.74) is 5.87. The smallest absolute Gasteiger partial charge is 0.330 e. The quantitative estimate of drug-likeness (QED) is 0.0468. The number of thioether (sulfide) groups is 2. The van der Waals surface area contributed by atoms with E-state index in [1.54, 1.807) is 23.5 Å². The Morgan fingerprint density at radius 1 is 0.562 bits per heavy atom. The van der Waals surface area contributed by atoms with Gasteiger partial charge in [-0.2, -0.15) is 0 Å². The highest BCUT2D eigenvalue weighted by molar-refractivity contribution is 7.99. The van der Waals surface area contributed by atoms with Crippen molar-refractivity contribution in [3.8, 4) is 46.3 Å². The molecule has 0 atom stereocenters. The Hall–Kier alpha value is -5.28. The van der Waals surface area contributed by atoms with E-state index in [1.807, 2.05) is 60.7 Å². The van der Waals surface area contributed by atoms with Gasteiger partial charge in [-0.05, 0) is 96.4 Å². The Labute approximate surface area is 290 Å². The molecule has 0 unspecified atom stereocenters. The minimum atomic E-state index is -0.470. The molecule has 0 heterocycles. The molecular weight excluding hydrogens is 641 g/mol. The number of carbonyl (C=O) groups is 2. The summed E-state index contributed by atoms with van der Waals surface area (Å²) in [4.78, 5) is 24.5. The summed E-state index contributed by atoms with van der Waals surface area (Å²) in [5, 5.41) is 0. The summed E-state index contributed by atoms with van der Waals surface area (Å²) < 4.78 is 21.0. The van der Waals surface area contributed by atoms with E-state index in [4.69, 9.17) is 18.9 Å². The van der Waals surface area contributed by atoms with Crippen molar-refractivity contribution in [2.75, 3.05) is 38.9 Å². The molecule has 4 rings (SSSR count). The summed E-state index contributed by atoms with van der Waals surface area (Å²) in [7, 11) is 0. The van der Waals surface area contributed by atoms with Crippen molar-refractivity contribution < 1.29 is 28.5 Å². The summed E-state index contributed by atoms with van der Waals surface area (Å²) in [5.74, 6) is 13.4. The molecule has 4 aromatic carbocycles. The fourth-order valence-electron chi connectivity index (χ4n) is 4.26. The molecule has 0 aromatic heterocycles. The lowest BCUT2D eigenvalue weighted by molar-refractivity contribution is -0.139. The molecule has 8 heteroatoms. The van der Waals surface area contributed by atoms with E-state index in [0.717, 1.165) is 55.3 Å². The maximum absolute atomic E-state index is 11.1. The molecule has 0 radical (unpaired) electrons. The maximum atomic E-state index is 11.1. The average molecular weight is 675 g/mol. The first-order valence-corrected chi connectivity index (χ1v) is 17.3. The van der Waals surface area contributed by atoms with Crippen LogP contribution in [-0.2, 0) is 19.1 Å². The van der Waals surface area contributed by atoms with Crippen LogP contribution in [0.1, 0.15) is 22.3 Å². The van der Waals surface area contributed by atoms with Crippen LogP contribution in [0.25, 0.3) is 11.1 Å². The molecule has 0 saturated heterocycles. The Morgan fingerprint density at radius 2 is 0.917 bits per heavy atom. The molecule has 0 bridgehead atoms. The highest BCUT2D eigenvalue weighted by Gasteiger charge is 2.11. The first-order chi connectivity index (χ1) is 23.4. The lowest BCUT2D eigenvalue weighted by Gasteiger charge is -2.12. The number of hydrogen-bond donors (Lipinski definition) is 0. The molecule has 0 fully saturated rings. The average Bonchev–Trinajstić information content (AvgIpc) is 3.13. The number of hydrogen-bond acceptors (Lipinski definition) is 8. The minimum absolute atomic E-state index is 0.157. The second-order valence-electron chi connectivity index (χ2n) is 9.82. The molecule has 0 aliphatic carbocycles. The van der Waals surface area contributed by atoms with Crippen LogP contribution in [0.5, 0.6) is 11.5 Å². The van der Waals surface area contributed by atoms with E-state index in [1.165, 1.54) is 0 Å². The zero-order valence-corrected chi connectivity index (χ0v) is 28.4. The number of esters is 2. The second-order valence-corrected chi connectivity index (χ2v) is 11.5. The van der Waals surface area contributed by atoms with Gasteiger partial charge in [0.05, 0.1) is 0 Å². The van der Waals surface area contributed by atoms with E-state index in [0.29, 0.717) is 11.5 Å². The minimum Gasteiger partial charge on any atom is -0.490 e. The normalized spacial score (nSPS) is 9.96. The fourth-order valence-corrected chi connectivity index (χ4v) is 5.55. The maximum Gasteiger partial charge on any atom is 0.330 e. The monoisotopic (exact) mass is 674 g/mol. The van der Waals surface area contributed by atoms with Crippen molar-refractivity contribution >= 4 is 35.5 Å². The van der Waals surface area contributed by atoms with Crippen molar-refractivity contribution in [3.63, 3.8) is 0 Å². The standard InChI is InChI=1S/C40H34O6S2/c1-5-39(41)45-25-23-43-33-17-11-29(12-18-33)7-9-31-15-21-35(37(27-31)47-3)36-22-16-32(28-38(36)48-4)10-8-30-13-19-34(20-14-30)44-24-26-46-40(42)6-2/h5-6,11-22,27-28H,1-2,23-26H2,3-4H3. The van der Waals surface area contributed by atoms with Crippen LogP contribution < -0.4 is 9.47 Å². The summed E-state index contributed by atoms with van der Waals surface area (Å²) >= 11 is 3.37. The van der Waals surface area contributed by atoms with Gasteiger partial charge in [0.1, 0.15) is 37.9 Å². The van der Waals surface area contributed by atoms with Crippen LogP contribution in [0, 0.1) is 23.7 Å². The fraction of sp³-hybridized carbons (Fsp3) is 0.150. The number of ether oxygens (including phenoxy) is 4. The van der Waals surface area contributed by atoms with Gasteiger partial charge in [-0.3, -0.25) is 0 Å². The van der Waals surface area contributed by atoms with Crippen molar-refractivity contribution in [3.05, 3.63) is 132 Å². The third kappa shape index (κ3) is 10.9.